The van der Waals surface area contributed by atoms with Crippen molar-refractivity contribution in [2.45, 2.75) is 29.6 Å². The van der Waals surface area contributed by atoms with E-state index >= 15 is 0 Å². The number of fused-ring (bicyclic) bond motifs is 2. The van der Waals surface area contributed by atoms with E-state index in [-0.39, 0.29) is 0 Å². The molecule has 1 aliphatic rings. The quantitative estimate of drug-likeness (QED) is 0.796. The predicted molar refractivity (Wildman–Crippen MR) is 81.2 cm³/mol. The van der Waals surface area contributed by atoms with Crippen molar-refractivity contribution >= 4 is 22.8 Å². The highest BCUT2D eigenvalue weighted by Gasteiger charge is 2.33. The molecule has 0 saturated heterocycles. The maximum atomic E-state index is 12.8. The van der Waals surface area contributed by atoms with Crippen LogP contribution in [0.1, 0.15) is 24.5 Å². The molecule has 1 aliphatic heterocycles. The average molecular weight is 307 g/mol. The zero-order chi connectivity index (χ0) is 14.1. The summed E-state index contributed by atoms with van der Waals surface area (Å²) in [5, 5.41) is 0.659. The van der Waals surface area contributed by atoms with Crippen molar-refractivity contribution in [3.8, 4) is 5.75 Å². The first-order chi connectivity index (χ1) is 9.72. The second kappa shape index (κ2) is 5.68. The number of halogens is 1. The topological polar surface area (TPSA) is 32.3 Å². The van der Waals surface area contributed by atoms with Gasteiger partial charge in [-0.3, -0.25) is 0 Å². The number of hydrogen-bond acceptors (Lipinski definition) is 2. The second-order valence-electron chi connectivity index (χ2n) is 4.75. The summed E-state index contributed by atoms with van der Waals surface area (Å²) >= 11 is 5.07. The maximum Gasteiger partial charge on any atom is 0.205 e. The SMILES string of the molecule is CCCOc1ccc(Cl)c2c1[S+]([O-])c1ccccc1C2. The molecular formula is C16H15ClO2S. The zero-order valence-electron chi connectivity index (χ0n) is 11.2. The smallest absolute Gasteiger partial charge is 0.205 e. The van der Waals surface area contributed by atoms with Crippen LogP contribution in [0.15, 0.2) is 46.2 Å². The first kappa shape index (κ1) is 13.8. The van der Waals surface area contributed by atoms with E-state index in [1.165, 1.54) is 0 Å². The lowest BCUT2D eigenvalue weighted by molar-refractivity contribution is 0.308. The molecule has 3 rings (SSSR count). The van der Waals surface area contributed by atoms with E-state index in [9.17, 15) is 4.55 Å². The minimum Gasteiger partial charge on any atom is -0.606 e. The van der Waals surface area contributed by atoms with Gasteiger partial charge in [-0.05, 0) is 24.6 Å². The Kier molecular flexibility index (Phi) is 3.92. The summed E-state index contributed by atoms with van der Waals surface area (Å²) in [4.78, 5) is 1.60. The van der Waals surface area contributed by atoms with Crippen molar-refractivity contribution in [1.82, 2.24) is 0 Å². The minimum absolute atomic E-state index is 0.618. The van der Waals surface area contributed by atoms with Gasteiger partial charge in [0.05, 0.1) is 6.61 Å². The first-order valence-electron chi connectivity index (χ1n) is 6.66. The first-order valence-corrected chi connectivity index (χ1v) is 8.19. The van der Waals surface area contributed by atoms with E-state index in [4.69, 9.17) is 16.3 Å². The van der Waals surface area contributed by atoms with Crippen molar-refractivity contribution in [1.29, 1.82) is 0 Å². The minimum atomic E-state index is -1.22. The maximum absolute atomic E-state index is 12.8. The molecule has 0 bridgehead atoms. The Morgan fingerprint density at radius 3 is 2.85 bits per heavy atom. The molecule has 104 valence electrons. The van der Waals surface area contributed by atoms with Crippen LogP contribution in [0.3, 0.4) is 0 Å². The normalized spacial score (nSPS) is 16.4. The molecule has 20 heavy (non-hydrogen) atoms. The van der Waals surface area contributed by atoms with Gasteiger partial charge in [-0.1, -0.05) is 36.7 Å². The van der Waals surface area contributed by atoms with E-state index in [1.807, 2.05) is 36.4 Å². The second-order valence-corrected chi connectivity index (χ2v) is 6.55. The molecule has 2 aromatic rings. The predicted octanol–water partition coefficient (Wildman–Crippen LogP) is 4.20. The Bertz CT molecular complexity index is 642. The Hall–Kier alpha value is -1.16. The Morgan fingerprint density at radius 1 is 1.25 bits per heavy atom. The lowest BCUT2D eigenvalue weighted by Gasteiger charge is -2.24. The molecule has 1 atom stereocenters. The van der Waals surface area contributed by atoms with Crippen LogP contribution >= 0.6 is 11.6 Å². The molecule has 0 spiro atoms. The summed E-state index contributed by atoms with van der Waals surface area (Å²) in [5.74, 6) is 0.694. The van der Waals surface area contributed by atoms with E-state index < -0.39 is 11.2 Å². The Labute approximate surface area is 126 Å². The van der Waals surface area contributed by atoms with Gasteiger partial charge in [0.1, 0.15) is 0 Å². The fourth-order valence-corrected chi connectivity index (χ4v) is 4.20. The third-order valence-electron chi connectivity index (χ3n) is 3.35. The molecule has 0 fully saturated rings. The fourth-order valence-electron chi connectivity index (χ4n) is 2.41. The van der Waals surface area contributed by atoms with E-state index in [2.05, 4.69) is 6.92 Å². The van der Waals surface area contributed by atoms with Gasteiger partial charge >= 0.3 is 0 Å². The summed E-state index contributed by atoms with van der Waals surface area (Å²) in [7, 11) is 0. The standard InChI is InChI=1S/C16H15ClO2S/c1-2-9-19-14-8-7-13(17)12-10-11-5-3-4-6-15(11)20(18)16(12)14/h3-8H,2,9-10H2,1H3. The summed E-state index contributed by atoms with van der Waals surface area (Å²) in [6.45, 7) is 2.67. The van der Waals surface area contributed by atoms with Gasteiger partial charge in [0.2, 0.25) is 4.90 Å². The molecule has 2 aromatic carbocycles. The van der Waals surface area contributed by atoms with Gasteiger partial charge in [0.25, 0.3) is 0 Å². The van der Waals surface area contributed by atoms with Gasteiger partial charge in [-0.25, -0.2) is 0 Å². The largest absolute Gasteiger partial charge is 0.606 e. The third-order valence-corrected chi connectivity index (χ3v) is 5.32. The highest BCUT2D eigenvalue weighted by Crippen LogP contribution is 2.42. The molecule has 4 heteroatoms. The molecule has 0 radical (unpaired) electrons. The molecule has 0 saturated carbocycles. The van der Waals surface area contributed by atoms with Gasteiger partial charge < -0.3 is 9.29 Å². The number of benzene rings is 2. The van der Waals surface area contributed by atoms with Gasteiger partial charge in [-0.2, -0.15) is 0 Å². The van der Waals surface area contributed by atoms with E-state index in [1.54, 1.807) is 0 Å². The number of rotatable bonds is 3. The molecule has 0 amide bonds. The van der Waals surface area contributed by atoms with Crippen LogP contribution in [0, 0.1) is 0 Å². The van der Waals surface area contributed by atoms with Crippen LogP contribution in [0.5, 0.6) is 5.75 Å². The molecule has 2 nitrogen and oxygen atoms in total. The molecule has 0 aromatic heterocycles. The van der Waals surface area contributed by atoms with E-state index in [0.717, 1.165) is 27.3 Å². The summed E-state index contributed by atoms with van der Waals surface area (Å²) in [6.07, 6.45) is 1.63. The monoisotopic (exact) mass is 306 g/mol. The van der Waals surface area contributed by atoms with Crippen molar-refractivity contribution in [3.05, 3.63) is 52.5 Å². The van der Waals surface area contributed by atoms with Crippen molar-refractivity contribution < 1.29 is 9.29 Å². The molecule has 0 N–H and O–H groups in total. The highest BCUT2D eigenvalue weighted by atomic mass is 35.5. The average Bonchev–Trinajstić information content (AvgIpc) is 2.47. The molecule has 0 aliphatic carbocycles. The fraction of sp³-hybridized carbons (Fsp3) is 0.250. The van der Waals surface area contributed by atoms with Crippen molar-refractivity contribution in [3.63, 3.8) is 0 Å². The van der Waals surface area contributed by atoms with Crippen molar-refractivity contribution in [2.24, 2.45) is 0 Å². The lowest BCUT2D eigenvalue weighted by Crippen LogP contribution is -2.16. The number of ether oxygens (including phenoxy) is 1. The lowest BCUT2D eigenvalue weighted by atomic mass is 10.0. The van der Waals surface area contributed by atoms with Crippen LogP contribution < -0.4 is 4.74 Å². The van der Waals surface area contributed by atoms with Crippen LogP contribution in [-0.4, -0.2) is 11.2 Å². The van der Waals surface area contributed by atoms with Crippen LogP contribution in [-0.2, 0) is 17.6 Å². The van der Waals surface area contributed by atoms with Crippen LogP contribution in [0.25, 0.3) is 0 Å². The molecule has 1 heterocycles. The van der Waals surface area contributed by atoms with Gasteiger partial charge in [-0.15, -0.1) is 0 Å². The summed E-state index contributed by atoms with van der Waals surface area (Å²) < 4.78 is 18.6. The molecule has 1 unspecified atom stereocenters. The highest BCUT2D eigenvalue weighted by molar-refractivity contribution is 7.91. The van der Waals surface area contributed by atoms with Crippen LogP contribution in [0.2, 0.25) is 5.02 Å². The zero-order valence-corrected chi connectivity index (χ0v) is 12.8. The van der Waals surface area contributed by atoms with Gasteiger partial charge in [0.15, 0.2) is 10.6 Å². The molecular weight excluding hydrogens is 292 g/mol. The Balaban J connectivity index is 2.11. The summed E-state index contributed by atoms with van der Waals surface area (Å²) in [5.41, 5.74) is 2.00. The Morgan fingerprint density at radius 2 is 2.05 bits per heavy atom. The van der Waals surface area contributed by atoms with Gasteiger partial charge in [0, 0.05) is 33.7 Å². The third kappa shape index (κ3) is 2.30. The van der Waals surface area contributed by atoms with Crippen LogP contribution in [0.4, 0.5) is 0 Å². The number of hydrogen-bond donors (Lipinski definition) is 0. The summed E-state index contributed by atoms with van der Waals surface area (Å²) in [6, 6.07) is 11.5. The van der Waals surface area contributed by atoms with E-state index in [0.29, 0.717) is 23.8 Å². The van der Waals surface area contributed by atoms with Crippen molar-refractivity contribution in [2.75, 3.05) is 6.61 Å².